The van der Waals surface area contributed by atoms with Gasteiger partial charge in [0.15, 0.2) is 5.96 Å². The number of hydrogen-bond donors (Lipinski definition) is 5. The molecule has 0 radical (unpaired) electrons. The van der Waals surface area contributed by atoms with Crippen LogP contribution in [-0.2, 0) is 24.2 Å². The minimum atomic E-state index is -3.54. The summed E-state index contributed by atoms with van der Waals surface area (Å²) in [6.45, 7) is 3.28. The Kier molecular flexibility index (Phi) is 9.16. The number of nitro groups is 1. The van der Waals surface area contributed by atoms with Crippen LogP contribution in [0.3, 0.4) is 0 Å². The SMILES string of the molecule is CC(C)[C@H](N)C(=O)N1C(=O)O[C@@]1(C(=O)Nc1ccc([N+](=O)[O-])cc1)C(CCNC(=N)N)CCS(C)(=O)=O. The molecule has 37 heavy (non-hydrogen) atoms. The van der Waals surface area contributed by atoms with Gasteiger partial charge in [-0.3, -0.25) is 25.1 Å². The molecule has 0 aliphatic carbocycles. The highest BCUT2D eigenvalue weighted by molar-refractivity contribution is 7.90. The summed E-state index contributed by atoms with van der Waals surface area (Å²) in [4.78, 5) is 50.3. The Morgan fingerprint density at radius 1 is 1.24 bits per heavy atom. The van der Waals surface area contributed by atoms with Crippen molar-refractivity contribution in [3.63, 3.8) is 0 Å². The van der Waals surface area contributed by atoms with Crippen molar-refractivity contribution in [2.24, 2.45) is 23.3 Å². The number of imide groups is 1. The first-order valence-corrected chi connectivity index (χ1v) is 13.3. The molecule has 1 heterocycles. The fraction of sp³-hybridized carbons (Fsp3) is 0.524. The van der Waals surface area contributed by atoms with E-state index in [1.807, 2.05) is 0 Å². The van der Waals surface area contributed by atoms with Crippen LogP contribution in [0.15, 0.2) is 24.3 Å². The quantitative estimate of drug-likeness (QED) is 0.103. The normalized spacial score (nSPS) is 18.8. The van der Waals surface area contributed by atoms with Crippen molar-refractivity contribution in [2.75, 3.05) is 23.9 Å². The number of rotatable bonds is 12. The van der Waals surface area contributed by atoms with Crippen molar-refractivity contribution >= 4 is 45.1 Å². The van der Waals surface area contributed by atoms with Crippen molar-refractivity contribution < 1.29 is 32.5 Å². The maximum atomic E-state index is 13.7. The van der Waals surface area contributed by atoms with Crippen LogP contribution in [-0.4, -0.2) is 72.4 Å². The molecule has 1 aliphatic heterocycles. The fourth-order valence-corrected chi connectivity index (χ4v) is 4.48. The Balaban J connectivity index is 2.54. The van der Waals surface area contributed by atoms with Gasteiger partial charge in [0.05, 0.1) is 16.7 Å². The Bertz CT molecular complexity index is 1170. The lowest BCUT2D eigenvalue weighted by molar-refractivity contribution is -0.384. The first kappa shape index (κ1) is 29.4. The van der Waals surface area contributed by atoms with Crippen LogP contribution in [0.2, 0.25) is 0 Å². The molecule has 0 saturated carbocycles. The second kappa shape index (κ2) is 11.5. The van der Waals surface area contributed by atoms with Gasteiger partial charge in [-0.05, 0) is 30.9 Å². The minimum absolute atomic E-state index is 0.00780. The average molecular weight is 542 g/mol. The summed E-state index contributed by atoms with van der Waals surface area (Å²) in [5.74, 6) is -4.13. The van der Waals surface area contributed by atoms with E-state index >= 15 is 0 Å². The van der Waals surface area contributed by atoms with Gasteiger partial charge in [0, 0.05) is 36.5 Å². The maximum absolute atomic E-state index is 13.7. The highest BCUT2D eigenvalue weighted by Crippen LogP contribution is 2.42. The van der Waals surface area contributed by atoms with Gasteiger partial charge in [0.2, 0.25) is 0 Å². The lowest BCUT2D eigenvalue weighted by Gasteiger charge is -2.52. The monoisotopic (exact) mass is 541 g/mol. The van der Waals surface area contributed by atoms with Crippen molar-refractivity contribution in [1.82, 2.24) is 10.2 Å². The number of hydrogen-bond acceptors (Lipinski definition) is 10. The van der Waals surface area contributed by atoms with Crippen molar-refractivity contribution in [3.05, 3.63) is 34.4 Å². The number of nitrogens with zero attached hydrogens (tertiary/aromatic N) is 2. The number of sulfone groups is 1. The van der Waals surface area contributed by atoms with Crippen LogP contribution < -0.4 is 22.1 Å². The highest BCUT2D eigenvalue weighted by Gasteiger charge is 2.67. The predicted octanol–water partition coefficient (Wildman–Crippen LogP) is 0.116. The largest absolute Gasteiger partial charge is 0.422 e. The molecule has 1 aromatic rings. The number of nitrogens with one attached hydrogen (secondary N) is 3. The third-order valence-electron chi connectivity index (χ3n) is 5.84. The van der Waals surface area contributed by atoms with Crippen LogP contribution in [0.4, 0.5) is 16.2 Å². The second-order valence-electron chi connectivity index (χ2n) is 9.01. The Morgan fingerprint density at radius 3 is 2.30 bits per heavy atom. The number of cyclic esters (lactones) is 1. The molecular formula is C21H31N7O8S. The minimum Gasteiger partial charge on any atom is -0.411 e. The fourth-order valence-electron chi connectivity index (χ4n) is 3.77. The lowest BCUT2D eigenvalue weighted by Crippen LogP contribution is -2.77. The zero-order valence-electron chi connectivity index (χ0n) is 20.6. The molecule has 0 bridgehead atoms. The highest BCUT2D eigenvalue weighted by atomic mass is 32.2. The van der Waals surface area contributed by atoms with Gasteiger partial charge in [0.25, 0.3) is 23.2 Å². The van der Waals surface area contributed by atoms with Gasteiger partial charge in [0.1, 0.15) is 9.84 Å². The van der Waals surface area contributed by atoms with Crippen molar-refractivity contribution in [2.45, 2.75) is 38.5 Å². The van der Waals surface area contributed by atoms with Gasteiger partial charge in [-0.15, -0.1) is 0 Å². The van der Waals surface area contributed by atoms with Gasteiger partial charge in [-0.1, -0.05) is 13.8 Å². The number of non-ortho nitro benzene ring substituents is 1. The van der Waals surface area contributed by atoms with E-state index in [4.69, 9.17) is 21.6 Å². The van der Waals surface area contributed by atoms with Crippen molar-refractivity contribution in [1.29, 1.82) is 5.41 Å². The molecule has 0 aromatic heterocycles. The number of anilines is 1. The number of ether oxygens (including phenoxy) is 1. The molecule has 1 fully saturated rings. The zero-order valence-corrected chi connectivity index (χ0v) is 21.4. The predicted molar refractivity (Wildman–Crippen MR) is 133 cm³/mol. The summed E-state index contributed by atoms with van der Waals surface area (Å²) in [5.41, 5.74) is 8.91. The Morgan fingerprint density at radius 2 is 1.84 bits per heavy atom. The van der Waals surface area contributed by atoms with Crippen LogP contribution in [0.1, 0.15) is 26.7 Å². The molecule has 1 saturated heterocycles. The molecular weight excluding hydrogens is 510 g/mol. The van der Waals surface area contributed by atoms with Gasteiger partial charge < -0.3 is 26.8 Å². The van der Waals surface area contributed by atoms with Crippen LogP contribution >= 0.6 is 0 Å². The Hall–Kier alpha value is -3.79. The molecule has 1 aliphatic rings. The Labute approximate surface area is 213 Å². The molecule has 2 rings (SSSR count). The molecule has 1 aromatic carbocycles. The van der Waals surface area contributed by atoms with E-state index in [0.717, 1.165) is 18.4 Å². The second-order valence-corrected chi connectivity index (χ2v) is 11.3. The number of nitrogens with two attached hydrogens (primary N) is 2. The summed E-state index contributed by atoms with van der Waals surface area (Å²) < 4.78 is 29.2. The number of amides is 3. The number of benzene rings is 1. The standard InChI is InChI=1S/C21H31N7O8S/c1-12(2)16(22)17(29)27-20(31)36-21(27,13(8-10-25-19(23)24)9-11-37(3,34)35)18(30)26-14-4-6-15(7-5-14)28(32)33/h4-7,12-13,16H,8-11,22H2,1-3H3,(H,26,30)(H4,23,24,25)/t13?,16-,21+/m0/s1. The van der Waals surface area contributed by atoms with E-state index in [1.165, 1.54) is 12.1 Å². The average Bonchev–Trinajstić information content (AvgIpc) is 2.78. The molecule has 16 heteroatoms. The molecule has 204 valence electrons. The van der Waals surface area contributed by atoms with E-state index in [1.54, 1.807) is 13.8 Å². The summed E-state index contributed by atoms with van der Waals surface area (Å²) in [7, 11) is -3.54. The molecule has 3 atom stereocenters. The number of carbonyl (C=O) groups is 3. The third kappa shape index (κ3) is 6.91. The summed E-state index contributed by atoms with van der Waals surface area (Å²) in [6, 6.07) is 3.61. The van der Waals surface area contributed by atoms with E-state index < -0.39 is 62.0 Å². The van der Waals surface area contributed by atoms with E-state index in [-0.39, 0.29) is 36.7 Å². The number of nitro benzene ring substituents is 1. The molecule has 7 N–H and O–H groups in total. The first-order valence-electron chi connectivity index (χ1n) is 11.2. The number of carbonyl (C=O) groups excluding carboxylic acids is 3. The third-order valence-corrected chi connectivity index (χ3v) is 6.82. The lowest BCUT2D eigenvalue weighted by atomic mass is 9.84. The first-order chi connectivity index (χ1) is 17.1. The molecule has 0 spiro atoms. The van der Waals surface area contributed by atoms with Gasteiger partial charge >= 0.3 is 6.09 Å². The molecule has 3 amide bonds. The van der Waals surface area contributed by atoms with Crippen LogP contribution in [0, 0.1) is 27.4 Å². The summed E-state index contributed by atoms with van der Waals surface area (Å²) >= 11 is 0. The maximum Gasteiger partial charge on any atom is 0.422 e. The van der Waals surface area contributed by atoms with Gasteiger partial charge in [-0.25, -0.2) is 13.2 Å². The topological polar surface area (TPSA) is 241 Å². The van der Waals surface area contributed by atoms with Crippen LogP contribution in [0.25, 0.3) is 0 Å². The zero-order chi connectivity index (χ0) is 28.1. The van der Waals surface area contributed by atoms with Crippen molar-refractivity contribution in [3.8, 4) is 0 Å². The molecule has 15 nitrogen and oxygen atoms in total. The smallest absolute Gasteiger partial charge is 0.411 e. The number of guanidine groups is 1. The summed E-state index contributed by atoms with van der Waals surface area (Å²) in [5, 5.41) is 23.3. The van der Waals surface area contributed by atoms with E-state index in [2.05, 4.69) is 10.6 Å². The van der Waals surface area contributed by atoms with Crippen LogP contribution in [0.5, 0.6) is 0 Å². The van der Waals surface area contributed by atoms with E-state index in [9.17, 15) is 32.9 Å². The van der Waals surface area contributed by atoms with E-state index in [0.29, 0.717) is 4.90 Å². The molecule has 1 unspecified atom stereocenters. The summed E-state index contributed by atoms with van der Waals surface area (Å²) in [6.07, 6.45) is -0.369. The van der Waals surface area contributed by atoms with Gasteiger partial charge in [-0.2, -0.15) is 4.90 Å².